The summed E-state index contributed by atoms with van der Waals surface area (Å²) in [6.07, 6.45) is 2.06. The molecule has 0 atom stereocenters. The minimum atomic E-state index is -0.0863. The van der Waals surface area contributed by atoms with Crippen molar-refractivity contribution in [1.29, 1.82) is 0 Å². The summed E-state index contributed by atoms with van der Waals surface area (Å²) in [4.78, 5) is 17.4. The number of rotatable bonds is 10. The third kappa shape index (κ3) is 6.62. The van der Waals surface area contributed by atoms with Gasteiger partial charge in [-0.05, 0) is 49.2 Å². The van der Waals surface area contributed by atoms with E-state index < -0.39 is 0 Å². The Bertz CT molecular complexity index is 848. The number of aryl methyl sites for hydroxylation is 1. The first-order chi connectivity index (χ1) is 15.1. The lowest BCUT2D eigenvalue weighted by Gasteiger charge is -2.36. The molecule has 0 saturated carbocycles. The molecule has 0 aliphatic carbocycles. The molecule has 1 aliphatic heterocycles. The van der Waals surface area contributed by atoms with Gasteiger partial charge in [0.2, 0.25) is 0 Å². The molecule has 1 saturated heterocycles. The Morgan fingerprint density at radius 2 is 1.87 bits per heavy atom. The molecule has 6 heteroatoms. The Hall–Kier alpha value is -2.73. The molecular weight excluding hydrogens is 390 g/mol. The zero-order chi connectivity index (χ0) is 22.1. The molecule has 2 aromatic rings. The summed E-state index contributed by atoms with van der Waals surface area (Å²) in [6.45, 7) is 10.4. The second-order valence-electron chi connectivity index (χ2n) is 7.99. The van der Waals surface area contributed by atoms with Crippen LogP contribution < -0.4 is 19.7 Å². The fourth-order valence-corrected chi connectivity index (χ4v) is 3.74. The van der Waals surface area contributed by atoms with Crippen LogP contribution >= 0.6 is 0 Å². The predicted molar refractivity (Wildman–Crippen MR) is 126 cm³/mol. The van der Waals surface area contributed by atoms with Crippen molar-refractivity contribution in [2.24, 2.45) is 0 Å². The highest BCUT2D eigenvalue weighted by Crippen LogP contribution is 2.28. The van der Waals surface area contributed by atoms with Gasteiger partial charge >= 0.3 is 0 Å². The normalized spacial score (nSPS) is 14.4. The highest BCUT2D eigenvalue weighted by molar-refractivity contribution is 5.94. The zero-order valence-electron chi connectivity index (χ0n) is 19.0. The third-order valence-electron chi connectivity index (χ3n) is 5.63. The standard InChI is InChI=1S/C25H35N3O3/c1-4-5-17-31-23-10-9-21(19-24(23)30-3)25(29)26-11-12-27-13-15-28(16-14-27)22-8-6-7-20(2)18-22/h6-10,18-19H,4-5,11-17H2,1-3H3,(H,26,29). The summed E-state index contributed by atoms with van der Waals surface area (Å²) in [5.41, 5.74) is 3.17. The van der Waals surface area contributed by atoms with E-state index in [1.54, 1.807) is 19.2 Å². The number of methoxy groups -OCH3 is 1. The van der Waals surface area contributed by atoms with Gasteiger partial charge in [-0.15, -0.1) is 0 Å². The number of nitrogens with one attached hydrogen (secondary N) is 1. The molecule has 1 N–H and O–H groups in total. The summed E-state index contributed by atoms with van der Waals surface area (Å²) in [7, 11) is 1.60. The third-order valence-corrected chi connectivity index (χ3v) is 5.63. The number of carbonyl (C=O) groups excluding carboxylic acids is 1. The first-order valence-corrected chi connectivity index (χ1v) is 11.2. The Balaban J connectivity index is 1.43. The van der Waals surface area contributed by atoms with Crippen molar-refractivity contribution in [1.82, 2.24) is 10.2 Å². The van der Waals surface area contributed by atoms with Gasteiger partial charge in [0.1, 0.15) is 0 Å². The predicted octanol–water partition coefficient (Wildman–Crippen LogP) is 3.73. The van der Waals surface area contributed by atoms with Crippen LogP contribution in [0.25, 0.3) is 0 Å². The molecule has 0 bridgehead atoms. The van der Waals surface area contributed by atoms with E-state index in [4.69, 9.17) is 9.47 Å². The van der Waals surface area contributed by atoms with Crippen molar-refractivity contribution in [3.63, 3.8) is 0 Å². The number of hydrogen-bond donors (Lipinski definition) is 1. The summed E-state index contributed by atoms with van der Waals surface area (Å²) in [5.74, 6) is 1.19. The van der Waals surface area contributed by atoms with E-state index in [0.717, 1.165) is 45.6 Å². The molecule has 31 heavy (non-hydrogen) atoms. The molecule has 0 aromatic heterocycles. The minimum Gasteiger partial charge on any atom is -0.493 e. The maximum atomic E-state index is 12.6. The number of unbranched alkanes of at least 4 members (excludes halogenated alkanes) is 1. The van der Waals surface area contributed by atoms with Gasteiger partial charge in [-0.1, -0.05) is 25.5 Å². The largest absolute Gasteiger partial charge is 0.493 e. The maximum absolute atomic E-state index is 12.6. The van der Waals surface area contributed by atoms with Gasteiger partial charge in [0, 0.05) is 50.5 Å². The molecule has 6 nitrogen and oxygen atoms in total. The van der Waals surface area contributed by atoms with Crippen LogP contribution in [0.2, 0.25) is 0 Å². The Labute approximate surface area is 186 Å². The van der Waals surface area contributed by atoms with Gasteiger partial charge in [0.05, 0.1) is 13.7 Å². The van der Waals surface area contributed by atoms with Gasteiger partial charge in [0.25, 0.3) is 5.91 Å². The fourth-order valence-electron chi connectivity index (χ4n) is 3.74. The number of piperazine rings is 1. The highest BCUT2D eigenvalue weighted by atomic mass is 16.5. The molecule has 0 spiro atoms. The summed E-state index contributed by atoms with van der Waals surface area (Å²) in [5, 5.41) is 3.03. The quantitative estimate of drug-likeness (QED) is 0.588. The Morgan fingerprint density at radius 3 is 2.58 bits per heavy atom. The lowest BCUT2D eigenvalue weighted by molar-refractivity contribution is 0.0947. The van der Waals surface area contributed by atoms with Crippen molar-refractivity contribution in [2.75, 3.05) is 57.9 Å². The van der Waals surface area contributed by atoms with E-state index in [1.807, 2.05) is 6.07 Å². The van der Waals surface area contributed by atoms with Gasteiger partial charge in [-0.25, -0.2) is 0 Å². The SMILES string of the molecule is CCCCOc1ccc(C(=O)NCCN2CCN(c3cccc(C)c3)CC2)cc1OC. The molecule has 0 unspecified atom stereocenters. The van der Waals surface area contributed by atoms with Crippen LogP contribution in [0.1, 0.15) is 35.7 Å². The van der Waals surface area contributed by atoms with E-state index in [0.29, 0.717) is 30.2 Å². The molecular formula is C25H35N3O3. The fraction of sp³-hybridized carbons (Fsp3) is 0.480. The number of benzene rings is 2. The van der Waals surface area contributed by atoms with Crippen molar-refractivity contribution < 1.29 is 14.3 Å². The van der Waals surface area contributed by atoms with E-state index in [2.05, 4.69) is 53.2 Å². The number of carbonyl (C=O) groups is 1. The average molecular weight is 426 g/mol. The Morgan fingerprint density at radius 1 is 1.06 bits per heavy atom. The van der Waals surface area contributed by atoms with E-state index in [-0.39, 0.29) is 5.91 Å². The van der Waals surface area contributed by atoms with Crippen LogP contribution in [0.15, 0.2) is 42.5 Å². The monoisotopic (exact) mass is 425 g/mol. The molecule has 1 fully saturated rings. The van der Waals surface area contributed by atoms with Gasteiger partial charge < -0.3 is 19.7 Å². The zero-order valence-corrected chi connectivity index (χ0v) is 19.0. The van der Waals surface area contributed by atoms with Gasteiger partial charge in [-0.2, -0.15) is 0 Å². The first kappa shape index (κ1) is 22.9. The Kier molecular flexibility index (Phi) is 8.59. The van der Waals surface area contributed by atoms with E-state index in [9.17, 15) is 4.79 Å². The minimum absolute atomic E-state index is 0.0863. The molecule has 1 amide bonds. The number of ether oxygens (including phenoxy) is 2. The summed E-state index contributed by atoms with van der Waals surface area (Å²) in [6, 6.07) is 14.0. The van der Waals surface area contributed by atoms with Crippen molar-refractivity contribution in [3.05, 3.63) is 53.6 Å². The van der Waals surface area contributed by atoms with Crippen LogP contribution in [-0.4, -0.2) is 63.8 Å². The van der Waals surface area contributed by atoms with Gasteiger partial charge in [-0.3, -0.25) is 9.69 Å². The van der Waals surface area contributed by atoms with E-state index >= 15 is 0 Å². The van der Waals surface area contributed by atoms with Crippen molar-refractivity contribution >= 4 is 11.6 Å². The van der Waals surface area contributed by atoms with Crippen LogP contribution in [0.3, 0.4) is 0 Å². The molecule has 168 valence electrons. The van der Waals surface area contributed by atoms with Crippen molar-refractivity contribution in [2.45, 2.75) is 26.7 Å². The highest BCUT2D eigenvalue weighted by Gasteiger charge is 2.17. The van der Waals surface area contributed by atoms with Crippen LogP contribution in [0, 0.1) is 6.92 Å². The number of anilines is 1. The molecule has 3 rings (SSSR count). The lowest BCUT2D eigenvalue weighted by atomic mass is 10.2. The second-order valence-corrected chi connectivity index (χ2v) is 7.99. The second kappa shape index (κ2) is 11.6. The molecule has 1 heterocycles. The van der Waals surface area contributed by atoms with Crippen LogP contribution in [0.5, 0.6) is 11.5 Å². The smallest absolute Gasteiger partial charge is 0.251 e. The average Bonchev–Trinajstić information content (AvgIpc) is 2.79. The van der Waals surface area contributed by atoms with Crippen LogP contribution in [-0.2, 0) is 0 Å². The molecule has 1 aliphatic rings. The molecule has 2 aromatic carbocycles. The first-order valence-electron chi connectivity index (χ1n) is 11.2. The number of hydrogen-bond acceptors (Lipinski definition) is 5. The topological polar surface area (TPSA) is 54.0 Å². The lowest BCUT2D eigenvalue weighted by Crippen LogP contribution is -2.48. The van der Waals surface area contributed by atoms with Crippen molar-refractivity contribution in [3.8, 4) is 11.5 Å². The number of amides is 1. The summed E-state index contributed by atoms with van der Waals surface area (Å²) < 4.78 is 11.1. The van der Waals surface area contributed by atoms with Crippen LogP contribution in [0.4, 0.5) is 5.69 Å². The van der Waals surface area contributed by atoms with E-state index in [1.165, 1.54) is 11.3 Å². The molecule has 0 radical (unpaired) electrons. The maximum Gasteiger partial charge on any atom is 0.251 e. The summed E-state index contributed by atoms with van der Waals surface area (Å²) >= 11 is 0. The number of nitrogens with zero attached hydrogens (tertiary/aromatic N) is 2. The van der Waals surface area contributed by atoms with Gasteiger partial charge in [0.15, 0.2) is 11.5 Å².